The van der Waals surface area contributed by atoms with E-state index in [1.165, 1.54) is 31.2 Å². The van der Waals surface area contributed by atoms with E-state index in [9.17, 15) is 14.4 Å². The molecule has 0 radical (unpaired) electrons. The van der Waals surface area contributed by atoms with E-state index >= 15 is 0 Å². The van der Waals surface area contributed by atoms with Crippen molar-refractivity contribution in [1.29, 1.82) is 0 Å². The first-order chi connectivity index (χ1) is 12.6. The molecule has 3 amide bonds. The van der Waals surface area contributed by atoms with Crippen molar-refractivity contribution < 1.29 is 14.4 Å². The van der Waals surface area contributed by atoms with Gasteiger partial charge in [-0.2, -0.15) is 0 Å². The minimum absolute atomic E-state index is 0.259. The zero-order valence-corrected chi connectivity index (χ0v) is 20.2. The highest BCUT2D eigenvalue weighted by atomic mass is 16.2. The minimum atomic E-state index is -1.10. The number of hydrogen-bond acceptors (Lipinski definition) is 6. The summed E-state index contributed by atoms with van der Waals surface area (Å²) in [6.45, 7) is 17.7. The number of nitrogens with one attached hydrogen (secondary N) is 3. The Hall–Kier alpha value is -1.71. The molecule has 0 bridgehead atoms. The topological polar surface area (TPSA) is 120 Å². The number of hydrogen-bond donors (Lipinski definition) is 4. The maximum absolute atomic E-state index is 12.7. The van der Waals surface area contributed by atoms with Crippen LogP contribution in [0.2, 0.25) is 0 Å². The van der Waals surface area contributed by atoms with Gasteiger partial charge in [0.1, 0.15) is 11.1 Å². The van der Waals surface area contributed by atoms with Crippen LogP contribution in [0.4, 0.5) is 0 Å². The molecule has 9 heteroatoms. The van der Waals surface area contributed by atoms with Crippen molar-refractivity contribution >= 4 is 17.7 Å². The molecule has 0 aromatic carbocycles. The van der Waals surface area contributed by atoms with E-state index in [1.807, 2.05) is 27.7 Å². The Labute approximate surface area is 171 Å². The molecule has 0 saturated heterocycles. The third kappa shape index (κ3) is 10.0. The average molecular weight is 405 g/mol. The maximum atomic E-state index is 12.7. The van der Waals surface area contributed by atoms with Gasteiger partial charge in [0.05, 0.1) is 5.54 Å². The SMILES string of the molecule is CC.CC.CNC(=O)C(C)(C)NN(C)C(=O)C(C)(C)NN(C)C(=O)C(C)(C)N. The van der Waals surface area contributed by atoms with Crippen molar-refractivity contribution in [2.24, 2.45) is 5.73 Å². The lowest BCUT2D eigenvalue weighted by molar-refractivity contribution is -0.148. The van der Waals surface area contributed by atoms with Crippen molar-refractivity contribution in [3.8, 4) is 0 Å². The Morgan fingerprint density at radius 3 is 1.36 bits per heavy atom. The highest BCUT2D eigenvalue weighted by molar-refractivity contribution is 5.89. The molecule has 0 aliphatic heterocycles. The van der Waals surface area contributed by atoms with Crippen molar-refractivity contribution in [3.05, 3.63) is 0 Å². The second kappa shape index (κ2) is 12.7. The van der Waals surface area contributed by atoms with Gasteiger partial charge in [-0.1, -0.05) is 27.7 Å². The maximum Gasteiger partial charge on any atom is 0.257 e. The fourth-order valence-corrected chi connectivity index (χ4v) is 2.20. The van der Waals surface area contributed by atoms with Gasteiger partial charge in [0.2, 0.25) is 5.91 Å². The molecule has 168 valence electrons. The van der Waals surface area contributed by atoms with Crippen LogP contribution >= 0.6 is 0 Å². The Bertz CT molecular complexity index is 498. The molecule has 0 unspecified atom stereocenters. The molecular weight excluding hydrogens is 360 g/mol. The Morgan fingerprint density at radius 2 is 1.04 bits per heavy atom. The largest absolute Gasteiger partial charge is 0.358 e. The zero-order chi connectivity index (χ0) is 23.5. The molecule has 0 aromatic rings. The summed E-state index contributed by atoms with van der Waals surface area (Å²) in [4.78, 5) is 36.6. The fraction of sp³-hybridized carbons (Fsp3) is 0.842. The van der Waals surface area contributed by atoms with E-state index in [0.717, 1.165) is 0 Å². The second-order valence-electron chi connectivity index (χ2n) is 7.50. The molecule has 0 fully saturated rings. The molecular formula is C19H44N6O3. The van der Waals surface area contributed by atoms with Crippen molar-refractivity contribution in [1.82, 2.24) is 26.2 Å². The number of likely N-dealkylation sites (N-methyl/N-ethyl adjacent to an activating group) is 3. The molecule has 28 heavy (non-hydrogen) atoms. The Kier molecular flexibility index (Phi) is 14.0. The third-order valence-corrected chi connectivity index (χ3v) is 3.38. The van der Waals surface area contributed by atoms with Gasteiger partial charge in [0, 0.05) is 21.1 Å². The van der Waals surface area contributed by atoms with Crippen LogP contribution in [-0.2, 0) is 14.4 Å². The lowest BCUT2D eigenvalue weighted by Crippen LogP contribution is -2.66. The molecule has 0 saturated carbocycles. The lowest BCUT2D eigenvalue weighted by Gasteiger charge is -2.38. The quantitative estimate of drug-likeness (QED) is 0.470. The van der Waals surface area contributed by atoms with E-state index in [1.54, 1.807) is 41.5 Å². The number of nitrogens with two attached hydrogens (primary N) is 1. The summed E-state index contributed by atoms with van der Waals surface area (Å²) in [6, 6.07) is 0. The number of carbonyl (C=O) groups is 3. The summed E-state index contributed by atoms with van der Waals surface area (Å²) in [5.41, 5.74) is 8.34. The molecule has 0 atom stereocenters. The predicted molar refractivity (Wildman–Crippen MR) is 115 cm³/mol. The van der Waals surface area contributed by atoms with Gasteiger partial charge in [0.25, 0.3) is 11.8 Å². The summed E-state index contributed by atoms with van der Waals surface area (Å²) < 4.78 is 0. The van der Waals surface area contributed by atoms with Crippen molar-refractivity contribution in [3.63, 3.8) is 0 Å². The van der Waals surface area contributed by atoms with Gasteiger partial charge in [0.15, 0.2) is 0 Å². The predicted octanol–water partition coefficient (Wildman–Crippen LogP) is 1.01. The Morgan fingerprint density at radius 1 is 0.714 bits per heavy atom. The summed E-state index contributed by atoms with van der Waals surface area (Å²) in [5, 5.41) is 4.96. The molecule has 0 aliphatic carbocycles. The van der Waals surface area contributed by atoms with E-state index in [2.05, 4.69) is 16.2 Å². The minimum Gasteiger partial charge on any atom is -0.358 e. The summed E-state index contributed by atoms with van der Waals surface area (Å²) in [5.74, 6) is -0.969. The highest BCUT2D eigenvalue weighted by Gasteiger charge is 2.37. The van der Waals surface area contributed by atoms with Crippen LogP contribution < -0.4 is 21.9 Å². The van der Waals surface area contributed by atoms with Crippen molar-refractivity contribution in [2.75, 3.05) is 21.1 Å². The first-order valence-corrected chi connectivity index (χ1v) is 9.69. The molecule has 0 spiro atoms. The summed E-state index contributed by atoms with van der Waals surface area (Å²) >= 11 is 0. The van der Waals surface area contributed by atoms with Crippen LogP contribution in [-0.4, -0.2) is 65.5 Å². The number of rotatable bonds is 7. The van der Waals surface area contributed by atoms with E-state index < -0.39 is 16.6 Å². The van der Waals surface area contributed by atoms with Crippen LogP contribution in [0.3, 0.4) is 0 Å². The number of nitrogens with zero attached hydrogens (tertiary/aromatic N) is 2. The van der Waals surface area contributed by atoms with Gasteiger partial charge in [-0.3, -0.25) is 24.4 Å². The van der Waals surface area contributed by atoms with Crippen LogP contribution in [0, 0.1) is 0 Å². The highest BCUT2D eigenvalue weighted by Crippen LogP contribution is 2.11. The fourth-order valence-electron chi connectivity index (χ4n) is 2.20. The monoisotopic (exact) mass is 404 g/mol. The number of carbonyl (C=O) groups excluding carboxylic acids is 3. The molecule has 0 aliphatic rings. The van der Waals surface area contributed by atoms with Gasteiger partial charge in [-0.05, 0) is 41.5 Å². The van der Waals surface area contributed by atoms with Crippen LogP contribution in [0.1, 0.15) is 69.2 Å². The van der Waals surface area contributed by atoms with E-state index in [0.29, 0.717) is 0 Å². The van der Waals surface area contributed by atoms with Crippen LogP contribution in [0.5, 0.6) is 0 Å². The van der Waals surface area contributed by atoms with Gasteiger partial charge in [-0.15, -0.1) is 0 Å². The first-order valence-electron chi connectivity index (χ1n) is 9.69. The number of hydrazine groups is 2. The normalized spacial score (nSPS) is 11.2. The van der Waals surface area contributed by atoms with Crippen LogP contribution in [0.25, 0.3) is 0 Å². The average Bonchev–Trinajstić information content (AvgIpc) is 2.61. The molecule has 0 aromatic heterocycles. The molecule has 5 N–H and O–H groups in total. The molecule has 9 nitrogen and oxygen atoms in total. The molecule has 0 heterocycles. The van der Waals surface area contributed by atoms with E-state index in [4.69, 9.17) is 5.73 Å². The Balaban J connectivity index is -0.00000146. The second-order valence-corrected chi connectivity index (χ2v) is 7.50. The summed E-state index contributed by atoms with van der Waals surface area (Å²) in [6.07, 6.45) is 0. The van der Waals surface area contributed by atoms with Crippen molar-refractivity contribution in [2.45, 2.75) is 85.9 Å². The van der Waals surface area contributed by atoms with Gasteiger partial charge >= 0.3 is 0 Å². The zero-order valence-electron chi connectivity index (χ0n) is 20.2. The lowest BCUT2D eigenvalue weighted by atomic mass is 10.0. The standard InChI is InChI=1S/C15H32N6O3.2C2H6/c1-13(2,16)11(23)20(8)19-15(5,6)12(24)21(9)18-14(3,4)10(22)17-7;2*1-2/h18-19H,16H2,1-9H3,(H,17,22);2*1-2H3. The van der Waals surface area contributed by atoms with E-state index in [-0.39, 0.29) is 17.7 Å². The van der Waals surface area contributed by atoms with Crippen LogP contribution in [0.15, 0.2) is 0 Å². The third-order valence-electron chi connectivity index (χ3n) is 3.38. The molecule has 0 rings (SSSR count). The van der Waals surface area contributed by atoms with Gasteiger partial charge < -0.3 is 11.1 Å². The first kappa shape index (κ1) is 31.0. The smallest absolute Gasteiger partial charge is 0.257 e. The van der Waals surface area contributed by atoms with Gasteiger partial charge in [-0.25, -0.2) is 10.9 Å². The summed E-state index contributed by atoms with van der Waals surface area (Å²) in [7, 11) is 4.55. The number of amides is 3.